The summed E-state index contributed by atoms with van der Waals surface area (Å²) in [6.07, 6.45) is 0. The fourth-order valence-corrected chi connectivity index (χ4v) is 2.33. The molecule has 0 aliphatic heterocycles. The van der Waals surface area contributed by atoms with Crippen LogP contribution < -0.4 is 5.32 Å². The predicted octanol–water partition coefficient (Wildman–Crippen LogP) is 2.06. The third-order valence-corrected chi connectivity index (χ3v) is 3.49. The number of amides is 1. The number of rotatable bonds is 5. The summed E-state index contributed by atoms with van der Waals surface area (Å²) in [6.45, 7) is 5.20. The Bertz CT molecular complexity index is 448. The second-order valence-electron chi connectivity index (χ2n) is 4.15. The fourth-order valence-electron chi connectivity index (χ4n) is 1.34. The van der Waals surface area contributed by atoms with E-state index in [9.17, 15) is 9.59 Å². The number of carboxylic acid groups (broad SMARTS) is 1. The Morgan fingerprint density at radius 2 is 2.00 bits per heavy atom. The monoisotopic (exact) mass is 267 g/mol. The molecule has 2 unspecified atom stereocenters. The Hall–Kier alpha value is -1.49. The molecule has 0 saturated carbocycles. The second kappa shape index (κ2) is 6.44. The molecule has 0 heterocycles. The first-order valence-corrected chi connectivity index (χ1v) is 6.54. The van der Waals surface area contributed by atoms with Crippen molar-refractivity contribution in [1.29, 1.82) is 0 Å². The molecule has 98 valence electrons. The lowest BCUT2D eigenvalue weighted by molar-refractivity contribution is -0.141. The van der Waals surface area contributed by atoms with Crippen molar-refractivity contribution in [3.63, 3.8) is 0 Å². The van der Waals surface area contributed by atoms with Crippen LogP contribution in [0.5, 0.6) is 0 Å². The lowest BCUT2D eigenvalue weighted by Gasteiger charge is -2.14. The molecule has 0 radical (unpaired) electrons. The van der Waals surface area contributed by atoms with Gasteiger partial charge in [-0.1, -0.05) is 17.7 Å². The molecule has 1 amide bonds. The Morgan fingerprint density at radius 3 is 2.56 bits per heavy atom. The van der Waals surface area contributed by atoms with E-state index in [-0.39, 0.29) is 11.2 Å². The summed E-state index contributed by atoms with van der Waals surface area (Å²) >= 11 is 1.41. The second-order valence-corrected chi connectivity index (χ2v) is 5.56. The average molecular weight is 267 g/mol. The number of aryl methyl sites for hydroxylation is 1. The van der Waals surface area contributed by atoms with E-state index in [1.165, 1.54) is 18.7 Å². The first-order chi connectivity index (χ1) is 8.40. The molecule has 0 saturated heterocycles. The number of benzene rings is 1. The van der Waals surface area contributed by atoms with Gasteiger partial charge >= 0.3 is 5.97 Å². The first kappa shape index (κ1) is 14.6. The highest BCUT2D eigenvalue weighted by Crippen LogP contribution is 2.23. The summed E-state index contributed by atoms with van der Waals surface area (Å²) in [4.78, 5) is 23.4. The van der Waals surface area contributed by atoms with Crippen LogP contribution in [0.1, 0.15) is 19.4 Å². The summed E-state index contributed by atoms with van der Waals surface area (Å²) in [7, 11) is 0. The predicted molar refractivity (Wildman–Crippen MR) is 71.7 cm³/mol. The number of carboxylic acids is 1. The highest BCUT2D eigenvalue weighted by molar-refractivity contribution is 8.00. The molecule has 2 atom stereocenters. The first-order valence-electron chi connectivity index (χ1n) is 5.66. The zero-order valence-electron chi connectivity index (χ0n) is 10.6. The van der Waals surface area contributed by atoms with Crippen molar-refractivity contribution in [3.05, 3.63) is 29.8 Å². The number of carbonyl (C=O) groups is 2. The van der Waals surface area contributed by atoms with Gasteiger partial charge < -0.3 is 10.4 Å². The van der Waals surface area contributed by atoms with Gasteiger partial charge in [-0.2, -0.15) is 0 Å². The lowest BCUT2D eigenvalue weighted by atomic mass is 10.2. The molecule has 1 rings (SSSR count). The van der Waals surface area contributed by atoms with Gasteiger partial charge in [-0.05, 0) is 32.9 Å². The highest BCUT2D eigenvalue weighted by Gasteiger charge is 2.19. The van der Waals surface area contributed by atoms with Gasteiger partial charge in [0.2, 0.25) is 5.91 Å². The average Bonchev–Trinajstić information content (AvgIpc) is 2.28. The van der Waals surface area contributed by atoms with Crippen LogP contribution in [0.3, 0.4) is 0 Å². The number of hydrogen-bond acceptors (Lipinski definition) is 3. The van der Waals surface area contributed by atoms with Crippen molar-refractivity contribution in [1.82, 2.24) is 5.32 Å². The van der Waals surface area contributed by atoms with Gasteiger partial charge in [0.25, 0.3) is 0 Å². The van der Waals surface area contributed by atoms with Crippen LogP contribution >= 0.6 is 11.8 Å². The molecule has 0 bridgehead atoms. The van der Waals surface area contributed by atoms with Gasteiger partial charge in [0, 0.05) is 4.90 Å². The Balaban J connectivity index is 2.57. The number of carbonyl (C=O) groups excluding carboxylic acids is 1. The van der Waals surface area contributed by atoms with Gasteiger partial charge in [0.05, 0.1) is 5.25 Å². The van der Waals surface area contributed by atoms with Crippen LogP contribution in [-0.4, -0.2) is 28.3 Å². The van der Waals surface area contributed by atoms with Crippen molar-refractivity contribution < 1.29 is 14.7 Å². The molecule has 5 heteroatoms. The maximum atomic E-state index is 11.8. The SMILES string of the molecule is Cc1cccc(SC(C)C(=O)NC(C)C(=O)O)c1. The van der Waals surface area contributed by atoms with E-state index < -0.39 is 12.0 Å². The molecule has 18 heavy (non-hydrogen) atoms. The van der Waals surface area contributed by atoms with Crippen LogP contribution in [0, 0.1) is 6.92 Å². The van der Waals surface area contributed by atoms with Crippen LogP contribution in [0.4, 0.5) is 0 Å². The molecule has 0 aliphatic carbocycles. The maximum absolute atomic E-state index is 11.8. The maximum Gasteiger partial charge on any atom is 0.325 e. The topological polar surface area (TPSA) is 66.4 Å². The van der Waals surface area contributed by atoms with Crippen molar-refractivity contribution in [2.45, 2.75) is 37.0 Å². The zero-order valence-corrected chi connectivity index (χ0v) is 11.5. The third kappa shape index (κ3) is 4.41. The minimum Gasteiger partial charge on any atom is -0.480 e. The molecule has 2 N–H and O–H groups in total. The van der Waals surface area contributed by atoms with E-state index in [0.717, 1.165) is 10.5 Å². The molecule has 1 aromatic carbocycles. The molecular formula is C13H17NO3S. The number of hydrogen-bond donors (Lipinski definition) is 2. The van der Waals surface area contributed by atoms with Gasteiger partial charge in [0.1, 0.15) is 6.04 Å². The van der Waals surface area contributed by atoms with Crippen LogP contribution in [0.25, 0.3) is 0 Å². The van der Waals surface area contributed by atoms with Gasteiger partial charge in [-0.3, -0.25) is 9.59 Å². The largest absolute Gasteiger partial charge is 0.480 e. The number of aliphatic carboxylic acids is 1. The molecule has 0 aliphatic rings. The van der Waals surface area contributed by atoms with Crippen molar-refractivity contribution in [3.8, 4) is 0 Å². The number of nitrogens with one attached hydrogen (secondary N) is 1. The molecule has 0 spiro atoms. The van der Waals surface area contributed by atoms with Gasteiger partial charge in [-0.25, -0.2) is 0 Å². The van der Waals surface area contributed by atoms with Crippen LogP contribution in [0.2, 0.25) is 0 Å². The van der Waals surface area contributed by atoms with Crippen LogP contribution in [-0.2, 0) is 9.59 Å². The number of thioether (sulfide) groups is 1. The fraction of sp³-hybridized carbons (Fsp3) is 0.385. The molecule has 0 fully saturated rings. The molecular weight excluding hydrogens is 250 g/mol. The Labute approximate surface area is 111 Å². The molecule has 0 aromatic heterocycles. The van der Waals surface area contributed by atoms with Crippen molar-refractivity contribution in [2.75, 3.05) is 0 Å². The van der Waals surface area contributed by atoms with E-state index in [0.29, 0.717) is 0 Å². The smallest absolute Gasteiger partial charge is 0.325 e. The van der Waals surface area contributed by atoms with E-state index in [1.807, 2.05) is 31.2 Å². The normalized spacial score (nSPS) is 13.7. The summed E-state index contributed by atoms with van der Waals surface area (Å²) in [5, 5.41) is 10.8. The highest BCUT2D eigenvalue weighted by atomic mass is 32.2. The van der Waals surface area contributed by atoms with Crippen molar-refractivity contribution >= 4 is 23.6 Å². The minimum atomic E-state index is -1.03. The van der Waals surface area contributed by atoms with Gasteiger partial charge in [0.15, 0.2) is 0 Å². The summed E-state index contributed by atoms with van der Waals surface area (Å²) < 4.78 is 0. The van der Waals surface area contributed by atoms with E-state index in [2.05, 4.69) is 5.32 Å². The summed E-state index contributed by atoms with van der Waals surface area (Å²) in [6, 6.07) is 6.98. The third-order valence-electron chi connectivity index (χ3n) is 2.40. The zero-order chi connectivity index (χ0) is 13.7. The summed E-state index contributed by atoms with van der Waals surface area (Å²) in [5.74, 6) is -1.30. The quantitative estimate of drug-likeness (QED) is 0.801. The lowest BCUT2D eigenvalue weighted by Crippen LogP contribution is -2.42. The van der Waals surface area contributed by atoms with Gasteiger partial charge in [-0.15, -0.1) is 11.8 Å². The van der Waals surface area contributed by atoms with E-state index in [1.54, 1.807) is 6.92 Å². The van der Waals surface area contributed by atoms with E-state index >= 15 is 0 Å². The van der Waals surface area contributed by atoms with E-state index in [4.69, 9.17) is 5.11 Å². The molecule has 1 aromatic rings. The Kier molecular flexibility index (Phi) is 5.22. The minimum absolute atomic E-state index is 0.267. The van der Waals surface area contributed by atoms with Crippen LogP contribution in [0.15, 0.2) is 29.2 Å². The standard InChI is InChI=1S/C13H17NO3S/c1-8-5-4-6-11(7-8)18-10(3)12(15)14-9(2)13(16)17/h4-7,9-10H,1-3H3,(H,14,15)(H,16,17). The Morgan fingerprint density at radius 1 is 1.33 bits per heavy atom. The van der Waals surface area contributed by atoms with Crippen molar-refractivity contribution in [2.24, 2.45) is 0 Å². The summed E-state index contributed by atoms with van der Waals surface area (Å²) in [5.41, 5.74) is 1.13. The molecule has 4 nitrogen and oxygen atoms in total.